The van der Waals surface area contributed by atoms with Gasteiger partial charge in [0.1, 0.15) is 11.6 Å². The average molecular weight is 320 g/mol. The molecule has 1 aromatic rings. The average Bonchev–Trinajstić information content (AvgIpc) is 2.38. The summed E-state index contributed by atoms with van der Waals surface area (Å²) in [7, 11) is 0. The molecule has 21 heavy (non-hydrogen) atoms. The minimum absolute atomic E-state index is 0. The highest BCUT2D eigenvalue weighted by Gasteiger charge is 2.11. The molecule has 118 valence electrons. The molecule has 1 rings (SSSR count). The van der Waals surface area contributed by atoms with E-state index in [1.165, 1.54) is 12.1 Å². The summed E-state index contributed by atoms with van der Waals surface area (Å²) in [6.07, 6.45) is -0.118. The fraction of sp³-hybridized carbons (Fsp3) is 0.385. The molecule has 1 aromatic carbocycles. The SMILES string of the molecule is CC(C)Oc1ccc(F)cc1NC(=O)CNC(=O)CN.Cl. The van der Waals surface area contributed by atoms with Crippen LogP contribution in [0.3, 0.4) is 0 Å². The number of anilines is 1. The van der Waals surface area contributed by atoms with E-state index >= 15 is 0 Å². The molecule has 0 spiro atoms. The van der Waals surface area contributed by atoms with E-state index in [0.29, 0.717) is 5.75 Å². The molecule has 0 bridgehead atoms. The topological polar surface area (TPSA) is 93.5 Å². The van der Waals surface area contributed by atoms with Crippen LogP contribution in [-0.2, 0) is 9.59 Å². The minimum Gasteiger partial charge on any atom is -0.489 e. The molecule has 0 saturated heterocycles. The first-order valence-electron chi connectivity index (χ1n) is 6.15. The normalized spacial score (nSPS) is 9.76. The highest BCUT2D eigenvalue weighted by atomic mass is 35.5. The Kier molecular flexibility index (Phi) is 8.34. The Hall–Kier alpha value is -1.86. The zero-order valence-electron chi connectivity index (χ0n) is 11.8. The van der Waals surface area contributed by atoms with Crippen LogP contribution >= 0.6 is 12.4 Å². The zero-order chi connectivity index (χ0) is 15.1. The molecule has 2 amide bonds. The number of halogens is 2. The van der Waals surface area contributed by atoms with Crippen LogP contribution in [0.15, 0.2) is 18.2 Å². The molecule has 0 radical (unpaired) electrons. The van der Waals surface area contributed by atoms with Gasteiger partial charge < -0.3 is 21.1 Å². The minimum atomic E-state index is -0.498. The number of benzene rings is 1. The summed E-state index contributed by atoms with van der Waals surface area (Å²) < 4.78 is 18.7. The summed E-state index contributed by atoms with van der Waals surface area (Å²) in [6.45, 7) is 3.19. The molecule has 0 heterocycles. The molecule has 0 aromatic heterocycles. The summed E-state index contributed by atoms with van der Waals surface area (Å²) in [6, 6.07) is 3.83. The molecule has 0 atom stereocenters. The fourth-order valence-electron chi connectivity index (χ4n) is 1.40. The van der Waals surface area contributed by atoms with E-state index in [0.717, 1.165) is 6.07 Å². The number of nitrogens with one attached hydrogen (secondary N) is 2. The third-order valence-corrected chi connectivity index (χ3v) is 2.21. The van der Waals surface area contributed by atoms with E-state index in [1.54, 1.807) is 0 Å². The fourth-order valence-corrected chi connectivity index (χ4v) is 1.40. The van der Waals surface area contributed by atoms with Crippen molar-refractivity contribution < 1.29 is 18.7 Å². The van der Waals surface area contributed by atoms with Crippen molar-refractivity contribution in [2.75, 3.05) is 18.4 Å². The van der Waals surface area contributed by atoms with Crippen molar-refractivity contribution >= 4 is 29.9 Å². The number of hydrogen-bond donors (Lipinski definition) is 3. The highest BCUT2D eigenvalue weighted by molar-refractivity contribution is 5.95. The predicted octanol–water partition coefficient (Wildman–Crippen LogP) is 1.05. The van der Waals surface area contributed by atoms with Gasteiger partial charge in [0.05, 0.1) is 24.9 Å². The molecule has 0 unspecified atom stereocenters. The Morgan fingerprint density at radius 1 is 1.33 bits per heavy atom. The monoisotopic (exact) mass is 319 g/mol. The number of hydrogen-bond acceptors (Lipinski definition) is 4. The lowest BCUT2D eigenvalue weighted by Gasteiger charge is -2.15. The van der Waals surface area contributed by atoms with Gasteiger partial charge in [-0.25, -0.2) is 4.39 Å². The number of carbonyl (C=O) groups excluding carboxylic acids is 2. The van der Waals surface area contributed by atoms with Gasteiger partial charge in [0.25, 0.3) is 0 Å². The van der Waals surface area contributed by atoms with Crippen molar-refractivity contribution in [2.24, 2.45) is 5.73 Å². The van der Waals surface area contributed by atoms with Crippen molar-refractivity contribution in [3.63, 3.8) is 0 Å². The van der Waals surface area contributed by atoms with E-state index in [2.05, 4.69) is 10.6 Å². The summed E-state index contributed by atoms with van der Waals surface area (Å²) in [4.78, 5) is 22.6. The molecule has 6 nitrogen and oxygen atoms in total. The Bertz CT molecular complexity index is 498. The van der Waals surface area contributed by atoms with Gasteiger partial charge in [0, 0.05) is 6.07 Å². The first-order valence-corrected chi connectivity index (χ1v) is 6.15. The highest BCUT2D eigenvalue weighted by Crippen LogP contribution is 2.26. The predicted molar refractivity (Wildman–Crippen MR) is 80.1 cm³/mol. The maximum Gasteiger partial charge on any atom is 0.243 e. The van der Waals surface area contributed by atoms with Gasteiger partial charge in [0.15, 0.2) is 0 Å². The summed E-state index contributed by atoms with van der Waals surface area (Å²) >= 11 is 0. The zero-order valence-corrected chi connectivity index (χ0v) is 12.6. The van der Waals surface area contributed by atoms with Crippen molar-refractivity contribution in [2.45, 2.75) is 20.0 Å². The van der Waals surface area contributed by atoms with Crippen molar-refractivity contribution in [3.05, 3.63) is 24.0 Å². The second-order valence-corrected chi connectivity index (χ2v) is 4.34. The van der Waals surface area contributed by atoms with Gasteiger partial charge in [-0.15, -0.1) is 12.4 Å². The Labute approximate surface area is 128 Å². The van der Waals surface area contributed by atoms with Crippen molar-refractivity contribution in [3.8, 4) is 5.75 Å². The smallest absolute Gasteiger partial charge is 0.243 e. The van der Waals surface area contributed by atoms with Gasteiger partial charge in [0.2, 0.25) is 11.8 Å². The summed E-state index contributed by atoms with van der Waals surface area (Å²) in [5, 5.41) is 4.79. The van der Waals surface area contributed by atoms with Gasteiger partial charge in [-0.3, -0.25) is 9.59 Å². The number of ether oxygens (including phenoxy) is 1. The lowest BCUT2D eigenvalue weighted by Crippen LogP contribution is -2.36. The van der Waals surface area contributed by atoms with Crippen LogP contribution in [0.2, 0.25) is 0 Å². The second kappa shape index (κ2) is 9.15. The summed E-state index contributed by atoms with van der Waals surface area (Å²) in [5.41, 5.74) is 5.31. The number of rotatable bonds is 6. The molecule has 0 aliphatic carbocycles. The van der Waals surface area contributed by atoms with Crippen LogP contribution < -0.4 is 21.1 Å². The van der Waals surface area contributed by atoms with E-state index in [1.807, 2.05) is 13.8 Å². The molecule has 4 N–H and O–H groups in total. The molecular formula is C13H19ClFN3O3. The lowest BCUT2D eigenvalue weighted by molar-refractivity contribution is -0.123. The Morgan fingerprint density at radius 3 is 2.57 bits per heavy atom. The Balaban J connectivity index is 0.00000400. The first kappa shape index (κ1) is 19.1. The van der Waals surface area contributed by atoms with E-state index in [-0.39, 0.29) is 37.3 Å². The number of nitrogens with two attached hydrogens (primary N) is 1. The van der Waals surface area contributed by atoms with Crippen LogP contribution in [0.4, 0.5) is 10.1 Å². The maximum atomic E-state index is 13.2. The van der Waals surface area contributed by atoms with Gasteiger partial charge in [-0.1, -0.05) is 0 Å². The largest absolute Gasteiger partial charge is 0.489 e. The molecule has 0 fully saturated rings. The third-order valence-electron chi connectivity index (χ3n) is 2.21. The van der Waals surface area contributed by atoms with Crippen molar-refractivity contribution in [1.29, 1.82) is 0 Å². The van der Waals surface area contributed by atoms with Crippen molar-refractivity contribution in [1.82, 2.24) is 5.32 Å². The van der Waals surface area contributed by atoms with Crippen LogP contribution in [0, 0.1) is 5.82 Å². The van der Waals surface area contributed by atoms with E-state index in [9.17, 15) is 14.0 Å². The lowest BCUT2D eigenvalue weighted by atomic mass is 10.2. The molecule has 0 saturated carbocycles. The first-order chi connectivity index (χ1) is 9.42. The van der Waals surface area contributed by atoms with Gasteiger partial charge in [-0.05, 0) is 26.0 Å². The maximum absolute atomic E-state index is 13.2. The van der Waals surface area contributed by atoms with Gasteiger partial charge >= 0.3 is 0 Å². The molecule has 8 heteroatoms. The number of amides is 2. The summed E-state index contributed by atoms with van der Waals surface area (Å²) in [5.74, 6) is -1.08. The third kappa shape index (κ3) is 6.92. The second-order valence-electron chi connectivity index (χ2n) is 4.34. The van der Waals surface area contributed by atoms with Crippen LogP contribution in [0.5, 0.6) is 5.75 Å². The Morgan fingerprint density at radius 2 is 2.00 bits per heavy atom. The standard InChI is InChI=1S/C13H18FN3O3.ClH/c1-8(2)20-11-4-3-9(14)5-10(11)17-13(19)7-16-12(18)6-15;/h3-5,8H,6-7,15H2,1-2H3,(H,16,18)(H,17,19);1H. The molecule has 0 aliphatic heterocycles. The molecular weight excluding hydrogens is 301 g/mol. The number of carbonyl (C=O) groups is 2. The van der Waals surface area contributed by atoms with E-state index < -0.39 is 17.6 Å². The van der Waals surface area contributed by atoms with Crippen LogP contribution in [0.25, 0.3) is 0 Å². The van der Waals surface area contributed by atoms with Crippen LogP contribution in [0.1, 0.15) is 13.8 Å². The van der Waals surface area contributed by atoms with E-state index in [4.69, 9.17) is 10.5 Å². The van der Waals surface area contributed by atoms with Gasteiger partial charge in [-0.2, -0.15) is 0 Å². The quantitative estimate of drug-likeness (QED) is 0.730. The molecule has 0 aliphatic rings. The van der Waals surface area contributed by atoms with Crippen LogP contribution in [-0.4, -0.2) is 31.0 Å².